The molecule has 1 atom stereocenters. The van der Waals surface area contributed by atoms with E-state index in [-0.39, 0.29) is 12.5 Å². The zero-order chi connectivity index (χ0) is 16.2. The number of hydrogen-bond donors (Lipinski definition) is 1. The van der Waals surface area contributed by atoms with Gasteiger partial charge in [-0.05, 0) is 60.8 Å². The molecule has 0 aromatic carbocycles. The minimum absolute atomic E-state index is 0.114. The van der Waals surface area contributed by atoms with Crippen LogP contribution in [0.25, 0.3) is 5.00 Å². The van der Waals surface area contributed by atoms with E-state index in [4.69, 9.17) is 0 Å². The quantitative estimate of drug-likeness (QED) is 0.808. The topological polar surface area (TPSA) is 85.0 Å². The molecule has 23 heavy (non-hydrogen) atoms. The summed E-state index contributed by atoms with van der Waals surface area (Å²) in [5, 5.41) is 13.0. The SMILES string of the molecule is C[C@H](CNC(=O)Cn1nnn(-c2cccs2)c1=O)N1CCCC1. The Kier molecular flexibility index (Phi) is 4.87. The number of hydrogen-bond acceptors (Lipinski definition) is 6. The first kappa shape index (κ1) is 15.9. The average molecular weight is 336 g/mol. The highest BCUT2D eigenvalue weighted by atomic mass is 32.1. The van der Waals surface area contributed by atoms with E-state index in [2.05, 4.69) is 27.6 Å². The Bertz CT molecular complexity index is 701. The molecule has 124 valence electrons. The molecular weight excluding hydrogens is 316 g/mol. The van der Waals surface area contributed by atoms with Gasteiger partial charge in [0.2, 0.25) is 5.91 Å². The van der Waals surface area contributed by atoms with Gasteiger partial charge in [-0.15, -0.1) is 11.3 Å². The Balaban J connectivity index is 1.55. The molecule has 2 aromatic rings. The molecule has 0 spiro atoms. The molecule has 3 rings (SSSR count). The smallest absolute Gasteiger partial charge is 0.353 e. The summed E-state index contributed by atoms with van der Waals surface area (Å²) in [7, 11) is 0. The zero-order valence-electron chi connectivity index (χ0n) is 13.0. The molecule has 9 heteroatoms. The third kappa shape index (κ3) is 3.67. The molecule has 0 unspecified atom stereocenters. The summed E-state index contributed by atoms with van der Waals surface area (Å²) in [6, 6.07) is 3.92. The number of aromatic nitrogens is 4. The number of tetrazole rings is 1. The van der Waals surface area contributed by atoms with E-state index < -0.39 is 5.69 Å². The summed E-state index contributed by atoms with van der Waals surface area (Å²) in [4.78, 5) is 26.5. The second kappa shape index (κ2) is 7.05. The van der Waals surface area contributed by atoms with Crippen LogP contribution < -0.4 is 11.0 Å². The molecule has 1 fully saturated rings. The van der Waals surface area contributed by atoms with Crippen molar-refractivity contribution in [1.29, 1.82) is 0 Å². The molecule has 0 bridgehead atoms. The molecule has 8 nitrogen and oxygen atoms in total. The number of thiophene rings is 1. The molecule has 1 aliphatic heterocycles. The second-order valence-electron chi connectivity index (χ2n) is 5.68. The zero-order valence-corrected chi connectivity index (χ0v) is 13.8. The predicted molar refractivity (Wildman–Crippen MR) is 86.8 cm³/mol. The van der Waals surface area contributed by atoms with Crippen molar-refractivity contribution in [3.05, 3.63) is 28.0 Å². The number of carbonyl (C=O) groups is 1. The molecule has 1 N–H and O–H groups in total. The first-order chi connectivity index (χ1) is 11.1. The fraction of sp³-hybridized carbons (Fsp3) is 0.571. The van der Waals surface area contributed by atoms with Gasteiger partial charge in [0.25, 0.3) is 0 Å². The summed E-state index contributed by atoms with van der Waals surface area (Å²) >= 11 is 1.39. The van der Waals surface area contributed by atoms with E-state index in [0.29, 0.717) is 17.6 Å². The molecule has 0 saturated carbocycles. The minimum Gasteiger partial charge on any atom is -0.353 e. The number of amides is 1. The number of nitrogens with one attached hydrogen (secondary N) is 1. The summed E-state index contributed by atoms with van der Waals surface area (Å²) in [5.74, 6) is -0.226. The average Bonchev–Trinajstić information content (AvgIpc) is 3.27. The molecular formula is C14H20N6O2S. The lowest BCUT2D eigenvalue weighted by molar-refractivity contribution is -0.122. The van der Waals surface area contributed by atoms with Gasteiger partial charge in [0.15, 0.2) is 0 Å². The predicted octanol–water partition coefficient (Wildman–Crippen LogP) is 0.0910. The van der Waals surface area contributed by atoms with Crippen LogP contribution in [0, 0.1) is 0 Å². The van der Waals surface area contributed by atoms with Gasteiger partial charge in [0.1, 0.15) is 11.5 Å². The van der Waals surface area contributed by atoms with Crippen LogP contribution >= 0.6 is 11.3 Å². The molecule has 1 aliphatic rings. The van der Waals surface area contributed by atoms with Crippen molar-refractivity contribution in [2.75, 3.05) is 19.6 Å². The van der Waals surface area contributed by atoms with Crippen molar-refractivity contribution >= 4 is 17.2 Å². The number of carbonyl (C=O) groups excluding carboxylic acids is 1. The molecule has 3 heterocycles. The van der Waals surface area contributed by atoms with Crippen LogP contribution in [0.15, 0.2) is 22.3 Å². The molecule has 1 amide bonds. The van der Waals surface area contributed by atoms with E-state index in [9.17, 15) is 9.59 Å². The van der Waals surface area contributed by atoms with Crippen LogP contribution in [0.1, 0.15) is 19.8 Å². The fourth-order valence-corrected chi connectivity index (χ4v) is 3.34. The van der Waals surface area contributed by atoms with Gasteiger partial charge in [-0.1, -0.05) is 0 Å². The first-order valence-electron chi connectivity index (χ1n) is 7.72. The van der Waals surface area contributed by atoms with Gasteiger partial charge in [-0.2, -0.15) is 9.36 Å². The molecule has 0 radical (unpaired) electrons. The second-order valence-corrected chi connectivity index (χ2v) is 6.60. The van der Waals surface area contributed by atoms with E-state index in [1.54, 1.807) is 6.07 Å². The van der Waals surface area contributed by atoms with Gasteiger partial charge in [-0.25, -0.2) is 4.79 Å². The molecule has 1 saturated heterocycles. The van der Waals surface area contributed by atoms with E-state index in [0.717, 1.165) is 17.8 Å². The van der Waals surface area contributed by atoms with Crippen molar-refractivity contribution in [3.63, 3.8) is 0 Å². The maximum absolute atomic E-state index is 12.2. The third-order valence-corrected chi connectivity index (χ3v) is 4.85. The fourth-order valence-electron chi connectivity index (χ4n) is 2.67. The van der Waals surface area contributed by atoms with Crippen molar-refractivity contribution in [2.45, 2.75) is 32.4 Å². The first-order valence-corrected chi connectivity index (χ1v) is 8.60. The molecule has 2 aromatic heterocycles. The Morgan fingerprint density at radius 1 is 1.39 bits per heavy atom. The van der Waals surface area contributed by atoms with Crippen molar-refractivity contribution < 1.29 is 4.79 Å². The van der Waals surface area contributed by atoms with Crippen molar-refractivity contribution in [1.82, 2.24) is 30.0 Å². The Morgan fingerprint density at radius 2 is 2.17 bits per heavy atom. The van der Waals surface area contributed by atoms with E-state index >= 15 is 0 Å². The largest absolute Gasteiger partial charge is 0.369 e. The summed E-state index contributed by atoms with van der Waals surface area (Å²) in [6.07, 6.45) is 2.44. The lowest BCUT2D eigenvalue weighted by Gasteiger charge is -2.23. The maximum Gasteiger partial charge on any atom is 0.369 e. The lowest BCUT2D eigenvalue weighted by atomic mass is 10.3. The van der Waals surface area contributed by atoms with Crippen LogP contribution in [0.2, 0.25) is 0 Å². The monoisotopic (exact) mass is 336 g/mol. The van der Waals surface area contributed by atoms with Crippen LogP contribution in [-0.4, -0.2) is 56.3 Å². The Labute approximate surface area is 137 Å². The number of likely N-dealkylation sites (tertiary alicyclic amines) is 1. The van der Waals surface area contributed by atoms with E-state index in [1.807, 2.05) is 11.4 Å². The van der Waals surface area contributed by atoms with Crippen molar-refractivity contribution in [3.8, 4) is 5.00 Å². The standard InChI is InChI=1S/C14H20N6O2S/c1-11(18-6-2-3-7-18)9-15-12(21)10-19-14(22)20(17-16-19)13-5-4-8-23-13/h4-5,8,11H,2-3,6-7,9-10H2,1H3,(H,15,21)/t11-/m1/s1. The highest BCUT2D eigenvalue weighted by Crippen LogP contribution is 2.11. The van der Waals surface area contributed by atoms with Crippen molar-refractivity contribution in [2.24, 2.45) is 0 Å². The maximum atomic E-state index is 12.2. The van der Waals surface area contributed by atoms with Crippen LogP contribution in [0.3, 0.4) is 0 Å². The number of rotatable bonds is 6. The Hall–Kier alpha value is -2.00. The van der Waals surface area contributed by atoms with Crippen LogP contribution in [0.5, 0.6) is 0 Å². The Morgan fingerprint density at radius 3 is 2.87 bits per heavy atom. The van der Waals surface area contributed by atoms with E-state index in [1.165, 1.54) is 28.9 Å². The normalized spacial score (nSPS) is 16.6. The number of nitrogens with zero attached hydrogens (tertiary/aromatic N) is 5. The summed E-state index contributed by atoms with van der Waals surface area (Å²) in [6.45, 7) is 4.74. The van der Waals surface area contributed by atoms with Gasteiger partial charge in [-0.3, -0.25) is 9.69 Å². The van der Waals surface area contributed by atoms with Crippen LogP contribution in [0.4, 0.5) is 0 Å². The lowest BCUT2D eigenvalue weighted by Crippen LogP contribution is -2.42. The summed E-state index contributed by atoms with van der Waals surface area (Å²) < 4.78 is 2.28. The van der Waals surface area contributed by atoms with Gasteiger partial charge < -0.3 is 5.32 Å². The highest BCUT2D eigenvalue weighted by molar-refractivity contribution is 7.12. The summed E-state index contributed by atoms with van der Waals surface area (Å²) in [5.41, 5.74) is -0.407. The van der Waals surface area contributed by atoms with Gasteiger partial charge in [0.05, 0.1) is 0 Å². The third-order valence-electron chi connectivity index (χ3n) is 4.01. The highest BCUT2D eigenvalue weighted by Gasteiger charge is 2.19. The van der Waals surface area contributed by atoms with Gasteiger partial charge in [0, 0.05) is 12.6 Å². The molecule has 0 aliphatic carbocycles. The minimum atomic E-state index is -0.407. The van der Waals surface area contributed by atoms with Crippen LogP contribution in [-0.2, 0) is 11.3 Å². The van der Waals surface area contributed by atoms with Gasteiger partial charge >= 0.3 is 5.69 Å².